The van der Waals surface area contributed by atoms with Crippen LogP contribution in [0, 0.1) is 0 Å². The Bertz CT molecular complexity index is 618. The van der Waals surface area contributed by atoms with Crippen LogP contribution in [0.2, 0.25) is 0 Å². The maximum absolute atomic E-state index is 5.95. The van der Waals surface area contributed by atoms with Crippen LogP contribution in [0.25, 0.3) is 22.3 Å². The minimum Gasteiger partial charge on any atom is -0.205 e. The van der Waals surface area contributed by atoms with Gasteiger partial charge in [0.1, 0.15) is 0 Å². The number of rotatable bonds is 2. The summed E-state index contributed by atoms with van der Waals surface area (Å²) in [5.74, 6) is 5.95. The third kappa shape index (κ3) is 2.47. The molecule has 2 N–H and O–H groups in total. The van der Waals surface area contributed by atoms with Gasteiger partial charge in [0, 0.05) is 11.1 Å². The van der Waals surface area contributed by atoms with Gasteiger partial charge < -0.3 is 0 Å². The summed E-state index contributed by atoms with van der Waals surface area (Å²) in [5.41, 5.74) is 4.56. The zero-order valence-corrected chi connectivity index (χ0v) is 10.5. The number of aromatic nitrogens is 1. The topological polar surface area (TPSA) is 29.9 Å². The fourth-order valence-corrected chi connectivity index (χ4v) is 2.18. The van der Waals surface area contributed by atoms with Gasteiger partial charge in [-0.1, -0.05) is 65.3 Å². The van der Waals surface area contributed by atoms with E-state index in [1.165, 1.54) is 11.1 Å². The first-order chi connectivity index (χ1) is 9.33. The van der Waals surface area contributed by atoms with Gasteiger partial charge in [0.2, 0.25) is 12.4 Å². The maximum atomic E-state index is 5.95. The molecule has 0 aliphatic rings. The molecule has 0 bridgehead atoms. The van der Waals surface area contributed by atoms with Crippen molar-refractivity contribution in [3.8, 4) is 22.3 Å². The van der Waals surface area contributed by atoms with Gasteiger partial charge in [-0.2, -0.15) is 0 Å². The predicted octanol–water partition coefficient (Wildman–Crippen LogP) is 3.02. The molecule has 0 atom stereocenters. The van der Waals surface area contributed by atoms with Gasteiger partial charge in [0.15, 0.2) is 0 Å². The summed E-state index contributed by atoms with van der Waals surface area (Å²) in [4.78, 5) is 0. The van der Waals surface area contributed by atoms with Gasteiger partial charge in [0.25, 0.3) is 0 Å². The molecule has 0 saturated carbocycles. The summed E-state index contributed by atoms with van der Waals surface area (Å²) in [5, 5.41) is 0. The Morgan fingerprint density at radius 3 is 1.42 bits per heavy atom. The number of nitrogens with zero attached hydrogens (tertiary/aromatic N) is 1. The molecule has 0 aliphatic carbocycles. The SMILES string of the molecule is N[n+]1cc(-c2ccccc2)cc(-c2ccccc2)c1. The van der Waals surface area contributed by atoms with Crippen molar-refractivity contribution in [3.63, 3.8) is 0 Å². The molecule has 3 aromatic rings. The average Bonchev–Trinajstić information content (AvgIpc) is 2.48. The van der Waals surface area contributed by atoms with Crippen LogP contribution in [-0.4, -0.2) is 0 Å². The molecule has 1 heterocycles. The van der Waals surface area contributed by atoms with E-state index < -0.39 is 0 Å². The lowest BCUT2D eigenvalue weighted by Gasteiger charge is -2.03. The Hall–Kier alpha value is -2.61. The third-order valence-corrected chi connectivity index (χ3v) is 3.10. The van der Waals surface area contributed by atoms with Crippen molar-refractivity contribution >= 4 is 0 Å². The highest BCUT2D eigenvalue weighted by atomic mass is 15.3. The second kappa shape index (κ2) is 4.94. The summed E-state index contributed by atoms with van der Waals surface area (Å²) in [6.07, 6.45) is 3.86. The van der Waals surface area contributed by atoms with Crippen LogP contribution in [0.5, 0.6) is 0 Å². The Morgan fingerprint density at radius 2 is 1.00 bits per heavy atom. The van der Waals surface area contributed by atoms with E-state index >= 15 is 0 Å². The van der Waals surface area contributed by atoms with Gasteiger partial charge in [-0.15, -0.1) is 0 Å². The zero-order valence-electron chi connectivity index (χ0n) is 10.5. The molecule has 92 valence electrons. The first kappa shape index (κ1) is 11.5. The third-order valence-electron chi connectivity index (χ3n) is 3.10. The Balaban J connectivity index is 2.12. The maximum Gasteiger partial charge on any atom is 0.207 e. The first-order valence-corrected chi connectivity index (χ1v) is 6.25. The summed E-state index contributed by atoms with van der Waals surface area (Å²) in [6, 6.07) is 22.7. The molecule has 19 heavy (non-hydrogen) atoms. The number of nitrogen functional groups attached to an aromatic ring is 1. The molecule has 2 heteroatoms. The van der Waals surface area contributed by atoms with Crippen LogP contribution in [0.3, 0.4) is 0 Å². The van der Waals surface area contributed by atoms with E-state index in [4.69, 9.17) is 5.84 Å². The van der Waals surface area contributed by atoms with Crippen molar-refractivity contribution in [1.29, 1.82) is 0 Å². The zero-order chi connectivity index (χ0) is 13.1. The van der Waals surface area contributed by atoms with E-state index in [9.17, 15) is 0 Å². The van der Waals surface area contributed by atoms with Crippen molar-refractivity contribution in [2.45, 2.75) is 0 Å². The van der Waals surface area contributed by atoms with Crippen molar-refractivity contribution in [2.24, 2.45) is 0 Å². The Labute approximate surface area is 112 Å². The highest BCUT2D eigenvalue weighted by Crippen LogP contribution is 2.23. The largest absolute Gasteiger partial charge is 0.207 e. The summed E-state index contributed by atoms with van der Waals surface area (Å²) in [6.45, 7) is 0. The lowest BCUT2D eigenvalue weighted by molar-refractivity contribution is -0.637. The molecule has 1 aromatic heterocycles. The van der Waals surface area contributed by atoms with Crippen LogP contribution in [0.4, 0.5) is 0 Å². The Morgan fingerprint density at radius 1 is 0.579 bits per heavy atom. The second-order valence-corrected chi connectivity index (χ2v) is 4.49. The molecular weight excluding hydrogens is 232 g/mol. The number of hydrogen-bond donors (Lipinski definition) is 1. The highest BCUT2D eigenvalue weighted by molar-refractivity contribution is 5.70. The minimum atomic E-state index is 1.12. The molecule has 0 unspecified atom stereocenters. The highest BCUT2D eigenvalue weighted by Gasteiger charge is 2.08. The molecule has 0 radical (unpaired) electrons. The molecule has 0 amide bonds. The van der Waals surface area contributed by atoms with Crippen molar-refractivity contribution < 1.29 is 4.68 Å². The van der Waals surface area contributed by atoms with E-state index in [0.717, 1.165) is 11.1 Å². The molecule has 2 aromatic carbocycles. The molecule has 3 rings (SSSR count). The van der Waals surface area contributed by atoms with Crippen molar-refractivity contribution in [1.82, 2.24) is 0 Å². The van der Waals surface area contributed by atoms with E-state index in [1.54, 1.807) is 4.68 Å². The molecule has 2 nitrogen and oxygen atoms in total. The number of pyridine rings is 1. The van der Waals surface area contributed by atoms with Gasteiger partial charge in [-0.25, -0.2) is 5.84 Å². The van der Waals surface area contributed by atoms with Crippen LogP contribution in [0.1, 0.15) is 0 Å². The second-order valence-electron chi connectivity index (χ2n) is 4.49. The normalized spacial score (nSPS) is 10.3. The molecule has 0 fully saturated rings. The number of nitrogens with two attached hydrogens (primary N) is 1. The minimum absolute atomic E-state index is 1.12. The van der Waals surface area contributed by atoms with E-state index in [0.29, 0.717) is 0 Å². The van der Waals surface area contributed by atoms with Gasteiger partial charge in [-0.3, -0.25) is 0 Å². The van der Waals surface area contributed by atoms with Crippen LogP contribution in [0.15, 0.2) is 79.1 Å². The summed E-state index contributed by atoms with van der Waals surface area (Å²) >= 11 is 0. The lowest BCUT2D eigenvalue weighted by Crippen LogP contribution is -2.43. The van der Waals surface area contributed by atoms with Crippen LogP contribution >= 0.6 is 0 Å². The van der Waals surface area contributed by atoms with Crippen molar-refractivity contribution in [2.75, 3.05) is 5.84 Å². The average molecular weight is 247 g/mol. The van der Waals surface area contributed by atoms with Crippen LogP contribution in [-0.2, 0) is 0 Å². The summed E-state index contributed by atoms with van der Waals surface area (Å²) in [7, 11) is 0. The summed E-state index contributed by atoms with van der Waals surface area (Å²) < 4.78 is 1.62. The van der Waals surface area contributed by atoms with Gasteiger partial charge in [0.05, 0.1) is 0 Å². The standard InChI is InChI=1S/C17H15N2/c18-19-12-16(14-7-3-1-4-8-14)11-17(13-19)15-9-5-2-6-10-15/h1-13H,18H2/q+1. The van der Waals surface area contributed by atoms with E-state index in [1.807, 2.05) is 48.8 Å². The van der Waals surface area contributed by atoms with Crippen molar-refractivity contribution in [3.05, 3.63) is 79.1 Å². The quantitative estimate of drug-likeness (QED) is 0.547. The predicted molar refractivity (Wildman–Crippen MR) is 77.7 cm³/mol. The molecule has 0 saturated heterocycles. The number of benzene rings is 2. The first-order valence-electron chi connectivity index (χ1n) is 6.25. The Kier molecular flexibility index (Phi) is 2.99. The molecular formula is C17H15N2+. The molecule has 0 spiro atoms. The van der Waals surface area contributed by atoms with Gasteiger partial charge >= 0.3 is 0 Å². The lowest BCUT2D eigenvalue weighted by atomic mass is 10.0. The number of hydrogen-bond acceptors (Lipinski definition) is 1. The monoisotopic (exact) mass is 247 g/mol. The molecule has 0 aliphatic heterocycles. The van der Waals surface area contributed by atoms with E-state index in [2.05, 4.69) is 30.3 Å². The van der Waals surface area contributed by atoms with E-state index in [-0.39, 0.29) is 0 Å². The van der Waals surface area contributed by atoms with Crippen LogP contribution < -0.4 is 10.5 Å². The fraction of sp³-hybridized carbons (Fsp3) is 0. The van der Waals surface area contributed by atoms with Gasteiger partial charge in [-0.05, 0) is 17.2 Å². The smallest absolute Gasteiger partial charge is 0.205 e. The fourth-order valence-electron chi connectivity index (χ4n) is 2.18.